The number of aliphatic carboxylic acids is 1. The molecule has 1 aromatic carbocycles. The van der Waals surface area contributed by atoms with Crippen LogP contribution in [0.1, 0.15) is 18.4 Å². The number of rotatable bonds is 3. The number of hydrogen-bond donors (Lipinski definition) is 2. The van der Waals surface area contributed by atoms with Gasteiger partial charge in [0.15, 0.2) is 0 Å². The molecule has 1 heterocycles. The summed E-state index contributed by atoms with van der Waals surface area (Å²) in [7, 11) is 0. The van der Waals surface area contributed by atoms with E-state index >= 15 is 0 Å². The van der Waals surface area contributed by atoms with Crippen molar-refractivity contribution in [1.82, 2.24) is 4.90 Å². The molecular weight excluding hydrogens is 289 g/mol. The Kier molecular flexibility index (Phi) is 4.55. The van der Waals surface area contributed by atoms with E-state index in [9.17, 15) is 9.90 Å². The van der Waals surface area contributed by atoms with Crippen LogP contribution in [0.2, 0.25) is 10.0 Å². The molecule has 0 amide bonds. The van der Waals surface area contributed by atoms with Crippen molar-refractivity contribution in [3.63, 3.8) is 0 Å². The topological polar surface area (TPSA) is 60.8 Å². The summed E-state index contributed by atoms with van der Waals surface area (Å²) in [4.78, 5) is 13.0. The van der Waals surface area contributed by atoms with Crippen LogP contribution in [-0.2, 0) is 11.3 Å². The molecule has 4 nitrogen and oxygen atoms in total. The van der Waals surface area contributed by atoms with E-state index < -0.39 is 5.97 Å². The Bertz CT molecular complexity index is 493. The molecule has 0 aromatic heterocycles. The Labute approximate surface area is 121 Å². The molecule has 1 aromatic rings. The van der Waals surface area contributed by atoms with Gasteiger partial charge in [-0.3, -0.25) is 9.69 Å². The first-order valence-corrected chi connectivity index (χ1v) is 6.85. The number of carboxylic acid groups (broad SMARTS) is 1. The number of piperidine rings is 1. The maximum absolute atomic E-state index is 11.0. The lowest BCUT2D eigenvalue weighted by Gasteiger charge is -2.30. The summed E-state index contributed by atoms with van der Waals surface area (Å²) in [5, 5.41) is 19.6. The minimum atomic E-state index is -0.766. The van der Waals surface area contributed by atoms with Gasteiger partial charge in [-0.2, -0.15) is 0 Å². The van der Waals surface area contributed by atoms with E-state index in [1.54, 1.807) is 6.07 Å². The summed E-state index contributed by atoms with van der Waals surface area (Å²) in [5.74, 6) is -1.09. The summed E-state index contributed by atoms with van der Waals surface area (Å²) < 4.78 is 0. The van der Waals surface area contributed by atoms with Gasteiger partial charge in [-0.05, 0) is 31.5 Å². The summed E-state index contributed by atoms with van der Waals surface area (Å²) in [6, 6.07) is 3.14. The Hall–Kier alpha value is -0.970. The van der Waals surface area contributed by atoms with Crippen molar-refractivity contribution in [3.05, 3.63) is 27.7 Å². The molecule has 19 heavy (non-hydrogen) atoms. The summed E-state index contributed by atoms with van der Waals surface area (Å²) in [6.45, 7) is 1.75. The van der Waals surface area contributed by atoms with Crippen LogP contribution in [0.4, 0.5) is 0 Å². The van der Waals surface area contributed by atoms with Crippen LogP contribution in [-0.4, -0.2) is 34.2 Å². The number of likely N-dealkylation sites (tertiary alicyclic amines) is 1. The molecule has 0 saturated carbocycles. The monoisotopic (exact) mass is 303 g/mol. The van der Waals surface area contributed by atoms with E-state index in [0.29, 0.717) is 30.1 Å². The molecule has 1 aliphatic heterocycles. The molecule has 1 unspecified atom stereocenters. The highest BCUT2D eigenvalue weighted by molar-refractivity contribution is 6.35. The summed E-state index contributed by atoms with van der Waals surface area (Å²) in [6.07, 6.45) is 1.54. The molecule has 0 radical (unpaired) electrons. The van der Waals surface area contributed by atoms with Crippen LogP contribution in [0.25, 0.3) is 0 Å². The Morgan fingerprint density at radius 2 is 2.16 bits per heavy atom. The largest absolute Gasteiger partial charge is 0.506 e. The van der Waals surface area contributed by atoms with Crippen molar-refractivity contribution < 1.29 is 15.0 Å². The highest BCUT2D eigenvalue weighted by Gasteiger charge is 2.26. The molecule has 0 aliphatic carbocycles. The smallest absolute Gasteiger partial charge is 0.307 e. The molecule has 2 rings (SSSR count). The van der Waals surface area contributed by atoms with E-state index in [0.717, 1.165) is 13.0 Å². The lowest BCUT2D eigenvalue weighted by molar-refractivity contribution is -0.143. The zero-order chi connectivity index (χ0) is 14.0. The van der Waals surface area contributed by atoms with Crippen molar-refractivity contribution in [1.29, 1.82) is 0 Å². The number of carboxylic acids is 1. The number of aromatic hydroxyl groups is 1. The van der Waals surface area contributed by atoms with Crippen LogP contribution in [0.5, 0.6) is 5.75 Å². The fourth-order valence-electron chi connectivity index (χ4n) is 2.38. The van der Waals surface area contributed by atoms with Gasteiger partial charge in [0.05, 0.1) is 10.9 Å². The van der Waals surface area contributed by atoms with Gasteiger partial charge in [0.2, 0.25) is 0 Å². The van der Waals surface area contributed by atoms with Crippen LogP contribution < -0.4 is 0 Å². The van der Waals surface area contributed by atoms with Gasteiger partial charge in [-0.1, -0.05) is 23.2 Å². The van der Waals surface area contributed by atoms with Crippen molar-refractivity contribution in [2.45, 2.75) is 19.4 Å². The van der Waals surface area contributed by atoms with Crippen LogP contribution in [0.3, 0.4) is 0 Å². The van der Waals surface area contributed by atoms with Crippen molar-refractivity contribution >= 4 is 29.2 Å². The summed E-state index contributed by atoms with van der Waals surface area (Å²) >= 11 is 11.8. The standard InChI is InChI=1S/C13H15Cl2NO3/c14-10-4-9(12(17)11(15)5-10)7-16-3-1-2-8(6-16)13(18)19/h4-5,8,17H,1-3,6-7H2,(H,18,19). The number of benzene rings is 1. The Morgan fingerprint density at radius 3 is 2.84 bits per heavy atom. The molecule has 1 saturated heterocycles. The number of hydrogen-bond acceptors (Lipinski definition) is 3. The fourth-order valence-corrected chi connectivity index (χ4v) is 2.92. The average Bonchev–Trinajstić information content (AvgIpc) is 2.35. The molecular formula is C13H15Cl2NO3. The quantitative estimate of drug-likeness (QED) is 0.901. The van der Waals surface area contributed by atoms with Gasteiger partial charge in [0, 0.05) is 23.7 Å². The number of nitrogens with zero attached hydrogens (tertiary/aromatic N) is 1. The first-order chi connectivity index (χ1) is 8.97. The third-order valence-electron chi connectivity index (χ3n) is 3.36. The molecule has 0 bridgehead atoms. The third-order valence-corrected chi connectivity index (χ3v) is 3.86. The minimum absolute atomic E-state index is 0.0171. The van der Waals surface area contributed by atoms with Crippen LogP contribution in [0, 0.1) is 5.92 Å². The van der Waals surface area contributed by atoms with Crippen molar-refractivity contribution in [3.8, 4) is 5.75 Å². The molecule has 0 spiro atoms. The van der Waals surface area contributed by atoms with Gasteiger partial charge in [-0.15, -0.1) is 0 Å². The van der Waals surface area contributed by atoms with Crippen molar-refractivity contribution in [2.24, 2.45) is 5.92 Å². The van der Waals surface area contributed by atoms with Gasteiger partial charge in [-0.25, -0.2) is 0 Å². The zero-order valence-electron chi connectivity index (χ0n) is 10.3. The second-order valence-corrected chi connectivity index (χ2v) is 5.65. The second kappa shape index (κ2) is 5.99. The fraction of sp³-hybridized carbons (Fsp3) is 0.462. The molecule has 104 valence electrons. The third kappa shape index (κ3) is 3.53. The number of phenols is 1. The SMILES string of the molecule is O=C(O)C1CCCN(Cc2cc(Cl)cc(Cl)c2O)C1. The second-order valence-electron chi connectivity index (χ2n) is 4.81. The van der Waals surface area contributed by atoms with Crippen LogP contribution in [0.15, 0.2) is 12.1 Å². The van der Waals surface area contributed by atoms with Gasteiger partial charge in [0.1, 0.15) is 5.75 Å². The minimum Gasteiger partial charge on any atom is -0.506 e. The number of carbonyl (C=O) groups is 1. The van der Waals surface area contributed by atoms with E-state index in [2.05, 4.69) is 0 Å². The molecule has 6 heteroatoms. The molecule has 1 fully saturated rings. The average molecular weight is 304 g/mol. The van der Waals surface area contributed by atoms with E-state index in [1.165, 1.54) is 6.07 Å². The lowest BCUT2D eigenvalue weighted by Crippen LogP contribution is -2.38. The number of halogens is 2. The predicted molar refractivity (Wildman–Crippen MR) is 73.8 cm³/mol. The molecule has 1 aliphatic rings. The van der Waals surface area contributed by atoms with Crippen LogP contribution >= 0.6 is 23.2 Å². The lowest BCUT2D eigenvalue weighted by atomic mass is 9.98. The van der Waals surface area contributed by atoms with Gasteiger partial charge >= 0.3 is 5.97 Å². The van der Waals surface area contributed by atoms with Gasteiger partial charge in [0.25, 0.3) is 0 Å². The Morgan fingerprint density at radius 1 is 1.42 bits per heavy atom. The van der Waals surface area contributed by atoms with E-state index in [1.807, 2.05) is 4.90 Å². The number of phenolic OH excluding ortho intramolecular Hbond substituents is 1. The summed E-state index contributed by atoms with van der Waals surface area (Å²) in [5.41, 5.74) is 0.628. The predicted octanol–water partition coefficient (Wildman–Crippen LogP) is 3.00. The van der Waals surface area contributed by atoms with E-state index in [-0.39, 0.29) is 16.7 Å². The first kappa shape index (κ1) is 14.4. The normalized spacial score (nSPS) is 20.4. The maximum atomic E-state index is 11.0. The van der Waals surface area contributed by atoms with Crippen molar-refractivity contribution in [2.75, 3.05) is 13.1 Å². The highest BCUT2D eigenvalue weighted by Crippen LogP contribution is 2.32. The highest BCUT2D eigenvalue weighted by atomic mass is 35.5. The maximum Gasteiger partial charge on any atom is 0.307 e. The van der Waals surface area contributed by atoms with Gasteiger partial charge < -0.3 is 10.2 Å². The first-order valence-electron chi connectivity index (χ1n) is 6.09. The molecule has 1 atom stereocenters. The molecule has 2 N–H and O–H groups in total. The zero-order valence-corrected chi connectivity index (χ0v) is 11.8. The van der Waals surface area contributed by atoms with E-state index in [4.69, 9.17) is 28.3 Å². The Balaban J connectivity index is 2.11.